The summed E-state index contributed by atoms with van der Waals surface area (Å²) in [6.45, 7) is 12.4. The van der Waals surface area contributed by atoms with Crippen molar-refractivity contribution >= 4 is 18.2 Å². The Kier molecular flexibility index (Phi) is 2.85. The van der Waals surface area contributed by atoms with Crippen LogP contribution in [0.25, 0.3) is 0 Å². The molecule has 94 valence electrons. The van der Waals surface area contributed by atoms with Gasteiger partial charge in [-0.25, -0.2) is 0 Å². The van der Waals surface area contributed by atoms with Gasteiger partial charge in [-0.3, -0.25) is 4.98 Å². The number of hydrogen-bond donors (Lipinski definition) is 0. The topological polar surface area (TPSA) is 38.4 Å². The van der Waals surface area contributed by atoms with Crippen LogP contribution < -0.4 is 4.48 Å². The van der Waals surface area contributed by atoms with E-state index in [1.807, 2.05) is 10.7 Å². The Labute approximate surface area is 108 Å². The first-order chi connectivity index (χ1) is 8.43. The van der Waals surface area contributed by atoms with Crippen LogP contribution in [-0.2, 0) is 4.65 Å². The Hall–Kier alpha value is -1.91. The summed E-state index contributed by atoms with van der Waals surface area (Å²) >= 11 is 0. The third-order valence-corrected chi connectivity index (χ3v) is 3.04. The Balaban J connectivity index is 2.67. The molecule has 1 aromatic heterocycles. The Morgan fingerprint density at radius 3 is 2.56 bits per heavy atom. The highest BCUT2D eigenvalue weighted by atomic mass is 16.5. The van der Waals surface area contributed by atoms with E-state index in [4.69, 9.17) is 4.65 Å². The molecule has 4 nitrogen and oxygen atoms in total. The Morgan fingerprint density at radius 2 is 2.00 bits per heavy atom. The van der Waals surface area contributed by atoms with Crippen molar-refractivity contribution in [1.82, 2.24) is 4.98 Å². The van der Waals surface area contributed by atoms with E-state index in [1.165, 1.54) is 0 Å². The highest BCUT2D eigenvalue weighted by molar-refractivity contribution is 6.77. The fourth-order valence-electron chi connectivity index (χ4n) is 1.92. The number of aromatic nitrogens is 2. The second-order valence-corrected chi connectivity index (χ2v) is 5.47. The number of nitrogens with zero attached hydrogens (tertiary/aromatic N) is 3. The van der Waals surface area contributed by atoms with Crippen LogP contribution in [0.5, 0.6) is 0 Å². The van der Waals surface area contributed by atoms with Crippen molar-refractivity contribution in [3.05, 3.63) is 43.7 Å². The van der Waals surface area contributed by atoms with E-state index in [0.717, 1.165) is 5.82 Å². The number of aliphatic imine (C=N–C) groups is 1. The minimum atomic E-state index is -1.54. The molecule has 2 rings (SSSR count). The maximum Gasteiger partial charge on any atom is 0.410 e. The van der Waals surface area contributed by atoms with E-state index in [-0.39, 0.29) is 5.41 Å². The van der Waals surface area contributed by atoms with Crippen LogP contribution in [0.3, 0.4) is 0 Å². The maximum absolute atomic E-state index is 6.07. The summed E-state index contributed by atoms with van der Waals surface area (Å²) in [7, 11) is 0. The zero-order valence-electron chi connectivity index (χ0n) is 11.1. The largest absolute Gasteiger partial charge is 0.642 e. The molecular weight excluding hydrogens is 225 g/mol. The van der Waals surface area contributed by atoms with Crippen molar-refractivity contribution in [3.8, 4) is 0 Å². The number of rotatable bonds is 2. The van der Waals surface area contributed by atoms with Gasteiger partial charge in [-0.05, 0) is 25.8 Å². The molecule has 0 radical (unpaired) electrons. The second kappa shape index (κ2) is 4.08. The van der Waals surface area contributed by atoms with E-state index < -0.39 is 6.48 Å². The molecule has 0 saturated carbocycles. The van der Waals surface area contributed by atoms with Crippen LogP contribution in [0.4, 0.5) is 5.82 Å². The third kappa shape index (κ3) is 1.86. The quantitative estimate of drug-likeness (QED) is 0.747. The summed E-state index contributed by atoms with van der Waals surface area (Å²) < 4.78 is 7.99. The van der Waals surface area contributed by atoms with Gasteiger partial charge in [-0.1, -0.05) is 0 Å². The summed E-state index contributed by atoms with van der Waals surface area (Å²) in [6.07, 6.45) is 5.26. The summed E-state index contributed by atoms with van der Waals surface area (Å²) in [5.74, 6) is 4.98. The van der Waals surface area contributed by atoms with Gasteiger partial charge in [-0.2, -0.15) is 12.0 Å². The lowest BCUT2D eigenvalue weighted by Crippen LogP contribution is -2.67. The van der Waals surface area contributed by atoms with Crippen LogP contribution in [0.1, 0.15) is 20.8 Å². The van der Waals surface area contributed by atoms with Gasteiger partial charge in [-0.15, -0.1) is 13.2 Å². The Bertz CT molecular complexity index is 523. The lowest BCUT2D eigenvalue weighted by molar-refractivity contribution is -0.543. The molecular formula is C13H18BN3O. The average Bonchev–Trinajstić information content (AvgIpc) is 2.36. The van der Waals surface area contributed by atoms with E-state index in [1.54, 1.807) is 24.3 Å². The van der Waals surface area contributed by atoms with Crippen molar-refractivity contribution in [2.75, 3.05) is 0 Å². The molecule has 0 spiro atoms. The summed E-state index contributed by atoms with van der Waals surface area (Å²) in [5, 5.41) is 0. The smallest absolute Gasteiger partial charge is 0.410 e. The minimum absolute atomic E-state index is 0.174. The van der Waals surface area contributed by atoms with Gasteiger partial charge in [0.15, 0.2) is 0 Å². The SMILES string of the molecule is C=C[B-]1(C=C)OC(C(C)(C)C)=Nc2cncc[n+]21. The minimum Gasteiger partial charge on any atom is -0.642 e. The molecule has 1 aromatic rings. The fourth-order valence-corrected chi connectivity index (χ4v) is 1.92. The monoisotopic (exact) mass is 243 g/mol. The van der Waals surface area contributed by atoms with Gasteiger partial charge < -0.3 is 9.13 Å². The molecule has 1 aliphatic rings. The first-order valence-corrected chi connectivity index (χ1v) is 6.00. The standard InChI is InChI=1S/C13H18BN3O/c1-6-14(7-2)17-9-8-15-10-11(17)16-12(18-14)13(3,4)5/h6-10H,1-2H2,3-5H3. The normalized spacial score (nSPS) is 17.2. The molecule has 1 aliphatic heterocycles. The maximum atomic E-state index is 6.07. The molecule has 2 heterocycles. The van der Waals surface area contributed by atoms with Gasteiger partial charge in [0.05, 0.1) is 17.8 Å². The van der Waals surface area contributed by atoms with E-state index >= 15 is 0 Å². The van der Waals surface area contributed by atoms with Gasteiger partial charge in [0.1, 0.15) is 6.20 Å². The molecule has 0 aliphatic carbocycles. The lowest BCUT2D eigenvalue weighted by Gasteiger charge is -2.38. The number of hydrogen-bond acceptors (Lipinski definition) is 3. The van der Waals surface area contributed by atoms with Crippen LogP contribution >= 0.6 is 0 Å². The molecule has 0 amide bonds. The molecule has 0 unspecified atom stereocenters. The molecule has 0 bridgehead atoms. The highest BCUT2D eigenvalue weighted by Gasteiger charge is 2.41. The van der Waals surface area contributed by atoms with E-state index in [2.05, 4.69) is 43.9 Å². The van der Waals surface area contributed by atoms with Gasteiger partial charge in [0, 0.05) is 0 Å². The summed E-state index contributed by atoms with van der Waals surface area (Å²) in [6, 6.07) is 0. The van der Waals surface area contributed by atoms with Crippen molar-refractivity contribution < 1.29 is 9.13 Å². The molecule has 18 heavy (non-hydrogen) atoms. The second-order valence-electron chi connectivity index (χ2n) is 5.47. The zero-order chi connectivity index (χ0) is 13.4. The number of fused-ring (bicyclic) bond motifs is 1. The third-order valence-electron chi connectivity index (χ3n) is 3.04. The zero-order valence-corrected chi connectivity index (χ0v) is 11.1. The van der Waals surface area contributed by atoms with Gasteiger partial charge in [0.2, 0.25) is 0 Å². The predicted molar refractivity (Wildman–Crippen MR) is 73.6 cm³/mol. The van der Waals surface area contributed by atoms with E-state index in [0.29, 0.717) is 5.90 Å². The van der Waals surface area contributed by atoms with Crippen molar-refractivity contribution in [2.24, 2.45) is 10.4 Å². The molecule has 0 N–H and O–H groups in total. The van der Waals surface area contributed by atoms with Crippen LogP contribution in [0, 0.1) is 5.41 Å². The predicted octanol–water partition coefficient (Wildman–Crippen LogP) is 2.22. The van der Waals surface area contributed by atoms with Crippen molar-refractivity contribution in [1.29, 1.82) is 0 Å². The summed E-state index contributed by atoms with van der Waals surface area (Å²) in [5.41, 5.74) is -0.174. The first-order valence-electron chi connectivity index (χ1n) is 6.00. The first kappa shape index (κ1) is 12.5. The van der Waals surface area contributed by atoms with Crippen LogP contribution in [0.15, 0.2) is 48.7 Å². The van der Waals surface area contributed by atoms with E-state index in [9.17, 15) is 0 Å². The molecule has 0 atom stereocenters. The van der Waals surface area contributed by atoms with Crippen LogP contribution in [0.2, 0.25) is 0 Å². The average molecular weight is 243 g/mol. The molecule has 5 heteroatoms. The van der Waals surface area contributed by atoms with Gasteiger partial charge >= 0.3 is 12.3 Å². The molecule has 0 aromatic carbocycles. The summed E-state index contributed by atoms with van der Waals surface area (Å²) in [4.78, 5) is 8.63. The van der Waals surface area contributed by atoms with Crippen molar-refractivity contribution in [2.45, 2.75) is 20.8 Å². The molecule has 0 fully saturated rings. The molecule has 0 saturated heterocycles. The Morgan fingerprint density at radius 1 is 1.33 bits per heavy atom. The van der Waals surface area contributed by atoms with Gasteiger partial charge in [0.25, 0.3) is 5.90 Å². The van der Waals surface area contributed by atoms with Crippen molar-refractivity contribution in [3.63, 3.8) is 0 Å². The lowest BCUT2D eigenvalue weighted by atomic mass is 9.51. The fraction of sp³-hybridized carbons (Fsp3) is 0.308. The van der Waals surface area contributed by atoms with Crippen LogP contribution in [-0.4, -0.2) is 17.4 Å². The highest BCUT2D eigenvalue weighted by Crippen LogP contribution is 2.26.